The highest BCUT2D eigenvalue weighted by Crippen LogP contribution is 2.44. The number of furan rings is 1. The van der Waals surface area contributed by atoms with Crippen molar-refractivity contribution in [3.8, 4) is 6.07 Å². The normalized spacial score (nSPS) is 23.4. The molecule has 1 aromatic heterocycles. The zero-order valence-corrected chi connectivity index (χ0v) is 10.5. The van der Waals surface area contributed by atoms with Gasteiger partial charge in [-0.25, -0.2) is 0 Å². The van der Waals surface area contributed by atoms with Crippen molar-refractivity contribution in [3.63, 3.8) is 0 Å². The van der Waals surface area contributed by atoms with Crippen LogP contribution in [0.3, 0.4) is 0 Å². The maximum absolute atomic E-state index is 10.5. The first-order valence-corrected chi connectivity index (χ1v) is 6.43. The summed E-state index contributed by atoms with van der Waals surface area (Å²) in [5.41, 5.74) is 2.38. The highest BCUT2D eigenvalue weighted by Gasteiger charge is 2.42. The molecule has 0 radical (unpaired) electrons. The number of hydrogen-bond acceptors (Lipinski definition) is 3. The minimum atomic E-state index is -0.801. The van der Waals surface area contributed by atoms with Gasteiger partial charge in [-0.15, -0.1) is 0 Å². The van der Waals surface area contributed by atoms with E-state index in [-0.39, 0.29) is 0 Å². The lowest BCUT2D eigenvalue weighted by molar-refractivity contribution is 0.0521. The summed E-state index contributed by atoms with van der Waals surface area (Å²) < 4.78 is 5.02. The van der Waals surface area contributed by atoms with E-state index in [1.54, 1.807) is 6.07 Å². The maximum atomic E-state index is 10.5. The smallest absolute Gasteiger partial charge is 0.101 e. The molecule has 0 amide bonds. The molecular formula is C16H15NO2. The highest BCUT2D eigenvalue weighted by molar-refractivity contribution is 5.34. The van der Waals surface area contributed by atoms with Crippen LogP contribution in [0.2, 0.25) is 0 Å². The quantitative estimate of drug-likeness (QED) is 0.895. The molecule has 2 aromatic rings. The van der Waals surface area contributed by atoms with Crippen LogP contribution in [0, 0.1) is 16.7 Å². The summed E-state index contributed by atoms with van der Waals surface area (Å²) in [6.45, 7) is 0. The minimum absolute atomic E-state index is 0.589. The number of rotatable bonds is 2. The molecule has 3 heteroatoms. The highest BCUT2D eigenvalue weighted by atomic mass is 16.3. The number of fused-ring (bicyclic) bond motifs is 1. The Morgan fingerprint density at radius 2 is 2.05 bits per heavy atom. The lowest BCUT2D eigenvalue weighted by Gasteiger charge is -2.35. The van der Waals surface area contributed by atoms with Crippen molar-refractivity contribution in [2.75, 3.05) is 0 Å². The summed E-state index contributed by atoms with van der Waals surface area (Å²) in [7, 11) is 0. The summed E-state index contributed by atoms with van der Waals surface area (Å²) in [5, 5.41) is 20.1. The Kier molecular flexibility index (Phi) is 2.88. The van der Waals surface area contributed by atoms with E-state index < -0.39 is 11.5 Å². The van der Waals surface area contributed by atoms with Crippen molar-refractivity contribution in [1.29, 1.82) is 5.26 Å². The number of aliphatic hydroxyl groups is 1. The van der Waals surface area contributed by atoms with E-state index in [0.717, 1.165) is 12.0 Å². The van der Waals surface area contributed by atoms with Gasteiger partial charge in [0, 0.05) is 5.56 Å². The van der Waals surface area contributed by atoms with Crippen LogP contribution < -0.4 is 0 Å². The van der Waals surface area contributed by atoms with Gasteiger partial charge in [-0.1, -0.05) is 24.3 Å². The first-order valence-electron chi connectivity index (χ1n) is 6.43. The molecule has 3 rings (SSSR count). The molecule has 96 valence electrons. The monoisotopic (exact) mass is 253 g/mol. The summed E-state index contributed by atoms with van der Waals surface area (Å²) in [4.78, 5) is 0. The summed E-state index contributed by atoms with van der Waals surface area (Å²) in [5.74, 6) is 0. The van der Waals surface area contributed by atoms with Crippen LogP contribution in [-0.2, 0) is 12.8 Å². The fraction of sp³-hybridized carbons (Fsp3) is 0.312. The Morgan fingerprint density at radius 3 is 2.74 bits per heavy atom. The molecule has 1 aliphatic carbocycles. The molecule has 0 saturated carbocycles. The molecule has 1 aromatic carbocycles. The number of aryl methyl sites for hydroxylation is 1. The van der Waals surface area contributed by atoms with Crippen molar-refractivity contribution < 1.29 is 9.52 Å². The Hall–Kier alpha value is -2.05. The van der Waals surface area contributed by atoms with E-state index in [2.05, 4.69) is 12.1 Å². The van der Waals surface area contributed by atoms with Gasteiger partial charge in [0.25, 0.3) is 0 Å². The third-order valence-corrected chi connectivity index (χ3v) is 4.07. The van der Waals surface area contributed by atoms with Crippen LogP contribution in [0.4, 0.5) is 0 Å². The van der Waals surface area contributed by atoms with Gasteiger partial charge in [0.05, 0.1) is 24.0 Å². The molecule has 2 unspecified atom stereocenters. The van der Waals surface area contributed by atoms with Crippen molar-refractivity contribution in [2.45, 2.75) is 25.4 Å². The molecule has 0 spiro atoms. The van der Waals surface area contributed by atoms with E-state index in [1.807, 2.05) is 18.2 Å². The molecule has 0 bridgehead atoms. The van der Waals surface area contributed by atoms with Crippen molar-refractivity contribution >= 4 is 0 Å². The van der Waals surface area contributed by atoms with E-state index >= 15 is 0 Å². The zero-order chi connectivity index (χ0) is 13.3. The van der Waals surface area contributed by atoms with Gasteiger partial charge in [0.1, 0.15) is 6.10 Å². The summed E-state index contributed by atoms with van der Waals surface area (Å²) >= 11 is 0. The molecule has 0 aliphatic heterocycles. The van der Waals surface area contributed by atoms with E-state index in [9.17, 15) is 10.4 Å². The van der Waals surface area contributed by atoms with Gasteiger partial charge >= 0.3 is 0 Å². The number of hydrogen-bond donors (Lipinski definition) is 1. The standard InChI is InChI=1S/C16H15NO2/c17-11-16(15(18)14-6-8-19-10-14)7-5-12-3-1-2-4-13(12)9-16/h1-4,6,8,10,15,18H,5,7,9H2. The summed E-state index contributed by atoms with van der Waals surface area (Å²) in [6.07, 6.45) is 4.34. The molecule has 0 saturated heterocycles. The van der Waals surface area contributed by atoms with Crippen LogP contribution in [0.1, 0.15) is 29.2 Å². The third-order valence-electron chi connectivity index (χ3n) is 4.07. The van der Waals surface area contributed by atoms with Crippen LogP contribution in [0.25, 0.3) is 0 Å². The second kappa shape index (κ2) is 4.56. The molecule has 1 aliphatic rings. The zero-order valence-electron chi connectivity index (χ0n) is 10.5. The molecule has 1 heterocycles. The molecule has 19 heavy (non-hydrogen) atoms. The van der Waals surface area contributed by atoms with Crippen LogP contribution in [0.5, 0.6) is 0 Å². The largest absolute Gasteiger partial charge is 0.472 e. The van der Waals surface area contributed by atoms with Crippen LogP contribution >= 0.6 is 0 Å². The molecular weight excluding hydrogens is 238 g/mol. The van der Waals surface area contributed by atoms with Gasteiger partial charge in [0.2, 0.25) is 0 Å². The first-order chi connectivity index (χ1) is 9.25. The second-order valence-electron chi connectivity index (χ2n) is 5.17. The Labute approximate surface area is 112 Å². The lowest BCUT2D eigenvalue weighted by atomic mass is 9.68. The molecule has 2 atom stereocenters. The predicted molar refractivity (Wildman–Crippen MR) is 70.2 cm³/mol. The van der Waals surface area contributed by atoms with E-state index in [0.29, 0.717) is 18.4 Å². The fourth-order valence-corrected chi connectivity index (χ4v) is 2.90. The third kappa shape index (κ3) is 1.94. The summed E-state index contributed by atoms with van der Waals surface area (Å²) in [6, 6.07) is 12.2. The van der Waals surface area contributed by atoms with E-state index in [1.165, 1.54) is 18.1 Å². The Balaban J connectivity index is 1.97. The molecule has 0 fully saturated rings. The van der Waals surface area contributed by atoms with Gasteiger partial charge < -0.3 is 9.52 Å². The SMILES string of the molecule is N#CC1(C(O)c2ccoc2)CCc2ccccc2C1. The maximum Gasteiger partial charge on any atom is 0.101 e. The van der Waals surface area contributed by atoms with Gasteiger partial charge in [0.15, 0.2) is 0 Å². The molecule has 3 nitrogen and oxygen atoms in total. The second-order valence-corrected chi connectivity index (χ2v) is 5.17. The Morgan fingerprint density at radius 1 is 1.26 bits per heavy atom. The van der Waals surface area contributed by atoms with Gasteiger partial charge in [-0.2, -0.15) is 5.26 Å². The van der Waals surface area contributed by atoms with Gasteiger partial charge in [-0.05, 0) is 36.5 Å². The van der Waals surface area contributed by atoms with Crippen molar-refractivity contribution in [1.82, 2.24) is 0 Å². The Bertz CT molecular complexity index is 612. The number of aliphatic hydroxyl groups excluding tert-OH is 1. The minimum Gasteiger partial charge on any atom is -0.472 e. The molecule has 1 N–H and O–H groups in total. The van der Waals surface area contributed by atoms with E-state index in [4.69, 9.17) is 4.42 Å². The van der Waals surface area contributed by atoms with Crippen LogP contribution in [0.15, 0.2) is 47.3 Å². The average Bonchev–Trinajstić information content (AvgIpc) is 3.00. The van der Waals surface area contributed by atoms with Crippen molar-refractivity contribution in [3.05, 3.63) is 59.5 Å². The predicted octanol–water partition coefficient (Wildman–Crippen LogP) is 3.01. The topological polar surface area (TPSA) is 57.2 Å². The fourth-order valence-electron chi connectivity index (χ4n) is 2.90. The number of nitriles is 1. The van der Waals surface area contributed by atoms with Crippen LogP contribution in [-0.4, -0.2) is 5.11 Å². The van der Waals surface area contributed by atoms with Gasteiger partial charge in [-0.3, -0.25) is 0 Å². The average molecular weight is 253 g/mol. The number of benzene rings is 1. The van der Waals surface area contributed by atoms with Crippen molar-refractivity contribution in [2.24, 2.45) is 5.41 Å². The first kappa shape index (κ1) is 12.0. The number of nitrogens with zero attached hydrogens (tertiary/aromatic N) is 1. The lowest BCUT2D eigenvalue weighted by Crippen LogP contribution is -2.33.